The number of carbonyl (C=O) groups excluding carboxylic acids is 1. The van der Waals surface area contributed by atoms with Gasteiger partial charge in [-0.1, -0.05) is 18.6 Å². The molecule has 1 saturated carbocycles. The van der Waals surface area contributed by atoms with E-state index in [0.717, 1.165) is 12.6 Å². The van der Waals surface area contributed by atoms with Crippen LogP contribution in [0.4, 0.5) is 0 Å². The second kappa shape index (κ2) is 8.02. The van der Waals surface area contributed by atoms with E-state index in [0.29, 0.717) is 23.8 Å². The number of amides is 1. The molecule has 1 N–H and O–H groups in total. The Morgan fingerprint density at radius 2 is 2.04 bits per heavy atom. The van der Waals surface area contributed by atoms with Crippen molar-refractivity contribution in [1.29, 1.82) is 0 Å². The normalized spacial score (nSPS) is 22.2. The molecule has 1 amide bonds. The minimum absolute atomic E-state index is 0.0552. The quantitative estimate of drug-likeness (QED) is 0.868. The molecule has 1 heterocycles. The van der Waals surface area contributed by atoms with Crippen molar-refractivity contribution in [1.82, 2.24) is 10.2 Å². The van der Waals surface area contributed by atoms with Crippen molar-refractivity contribution in [2.45, 2.75) is 58.0 Å². The Bertz CT molecular complexity index is 554. The van der Waals surface area contributed by atoms with E-state index < -0.39 is 0 Å². The Labute approximate surface area is 145 Å². The Hall–Kier alpha value is -1.55. The van der Waals surface area contributed by atoms with Crippen LogP contribution in [0.25, 0.3) is 0 Å². The first-order chi connectivity index (χ1) is 11.6. The van der Waals surface area contributed by atoms with Crippen LogP contribution in [0.5, 0.6) is 5.75 Å². The van der Waals surface area contributed by atoms with Crippen LogP contribution in [-0.2, 0) is 0 Å². The van der Waals surface area contributed by atoms with Crippen LogP contribution in [-0.4, -0.2) is 42.6 Å². The summed E-state index contributed by atoms with van der Waals surface area (Å²) in [6, 6.07) is 8.51. The first kappa shape index (κ1) is 17.3. The summed E-state index contributed by atoms with van der Waals surface area (Å²) in [4.78, 5) is 15.0. The van der Waals surface area contributed by atoms with Gasteiger partial charge in [0, 0.05) is 24.5 Å². The lowest BCUT2D eigenvalue weighted by molar-refractivity contribution is 0.0599. The van der Waals surface area contributed by atoms with Gasteiger partial charge in [0.1, 0.15) is 5.75 Å². The van der Waals surface area contributed by atoms with Crippen molar-refractivity contribution in [2.75, 3.05) is 19.7 Å². The van der Waals surface area contributed by atoms with E-state index in [1.165, 1.54) is 38.6 Å². The Balaban J connectivity index is 1.57. The monoisotopic (exact) mass is 330 g/mol. The fraction of sp³-hybridized carbons (Fsp3) is 0.650. The van der Waals surface area contributed by atoms with Gasteiger partial charge in [-0.05, 0) is 58.2 Å². The van der Waals surface area contributed by atoms with E-state index in [1.54, 1.807) is 0 Å². The van der Waals surface area contributed by atoms with Crippen molar-refractivity contribution in [3.8, 4) is 5.75 Å². The van der Waals surface area contributed by atoms with Gasteiger partial charge in [-0.2, -0.15) is 0 Å². The molecule has 2 fully saturated rings. The van der Waals surface area contributed by atoms with Crippen LogP contribution in [0.1, 0.15) is 56.3 Å². The van der Waals surface area contributed by atoms with E-state index >= 15 is 0 Å². The number of likely N-dealkylation sites (tertiary alicyclic amines) is 1. The smallest absolute Gasteiger partial charge is 0.255 e. The molecule has 24 heavy (non-hydrogen) atoms. The molecule has 4 nitrogen and oxygen atoms in total. The van der Waals surface area contributed by atoms with Crippen LogP contribution in [0.15, 0.2) is 24.3 Å². The maximum atomic E-state index is 12.3. The van der Waals surface area contributed by atoms with Gasteiger partial charge < -0.3 is 10.1 Å². The molecule has 1 aliphatic carbocycles. The highest BCUT2D eigenvalue weighted by atomic mass is 16.5. The standard InChI is InChI=1S/C20H30N2O2/c1-15(2)21-20(23)18-10-3-4-11-19(18)24-14-16-7-6-12-22(13-16)17-8-5-9-17/h3-4,10-11,15-17H,5-9,12-14H2,1-2H3,(H,21,23). The molecular weight excluding hydrogens is 300 g/mol. The number of nitrogens with zero attached hydrogens (tertiary/aromatic N) is 1. The van der Waals surface area contributed by atoms with Gasteiger partial charge in [0.15, 0.2) is 0 Å². The molecule has 0 aromatic heterocycles. The third-order valence-electron chi connectivity index (χ3n) is 5.17. The molecule has 4 heteroatoms. The van der Waals surface area contributed by atoms with Gasteiger partial charge in [0.05, 0.1) is 12.2 Å². The number of nitrogens with one attached hydrogen (secondary N) is 1. The van der Waals surface area contributed by atoms with Crippen LogP contribution in [0.2, 0.25) is 0 Å². The fourth-order valence-electron chi connectivity index (χ4n) is 3.64. The summed E-state index contributed by atoms with van der Waals surface area (Å²) < 4.78 is 6.07. The van der Waals surface area contributed by atoms with Crippen LogP contribution in [0.3, 0.4) is 0 Å². The van der Waals surface area contributed by atoms with Crippen molar-refractivity contribution >= 4 is 5.91 Å². The Kier molecular flexibility index (Phi) is 5.77. The zero-order valence-corrected chi connectivity index (χ0v) is 15.0. The summed E-state index contributed by atoms with van der Waals surface area (Å²) in [7, 11) is 0. The number of hydrogen-bond acceptors (Lipinski definition) is 3. The molecule has 1 atom stereocenters. The number of carbonyl (C=O) groups is 1. The summed E-state index contributed by atoms with van der Waals surface area (Å²) in [5, 5.41) is 2.95. The number of rotatable bonds is 6. The van der Waals surface area contributed by atoms with Gasteiger partial charge >= 0.3 is 0 Å². The Morgan fingerprint density at radius 3 is 2.75 bits per heavy atom. The summed E-state index contributed by atoms with van der Waals surface area (Å²) in [5.41, 5.74) is 0.637. The second-order valence-corrected chi connectivity index (χ2v) is 7.52. The number of piperidine rings is 1. The number of para-hydroxylation sites is 1. The molecule has 1 unspecified atom stereocenters. The highest BCUT2D eigenvalue weighted by Crippen LogP contribution is 2.29. The lowest BCUT2D eigenvalue weighted by atomic mass is 9.88. The summed E-state index contributed by atoms with van der Waals surface area (Å²) in [6.45, 7) is 7.03. The minimum Gasteiger partial charge on any atom is -0.492 e. The van der Waals surface area contributed by atoms with Crippen molar-refractivity contribution in [3.05, 3.63) is 29.8 Å². The van der Waals surface area contributed by atoms with Crippen LogP contribution in [0, 0.1) is 5.92 Å². The van der Waals surface area contributed by atoms with E-state index in [4.69, 9.17) is 4.74 Å². The van der Waals surface area contributed by atoms with E-state index in [2.05, 4.69) is 10.2 Å². The van der Waals surface area contributed by atoms with Crippen LogP contribution < -0.4 is 10.1 Å². The summed E-state index contributed by atoms with van der Waals surface area (Å²) >= 11 is 0. The van der Waals surface area contributed by atoms with Gasteiger partial charge in [-0.25, -0.2) is 0 Å². The number of ether oxygens (including phenoxy) is 1. The lowest BCUT2D eigenvalue weighted by Gasteiger charge is -2.42. The molecule has 1 aliphatic heterocycles. The Morgan fingerprint density at radius 1 is 1.25 bits per heavy atom. The van der Waals surface area contributed by atoms with Gasteiger partial charge in [0.25, 0.3) is 5.91 Å². The second-order valence-electron chi connectivity index (χ2n) is 7.52. The highest BCUT2D eigenvalue weighted by Gasteiger charge is 2.29. The van der Waals surface area contributed by atoms with E-state index in [-0.39, 0.29) is 11.9 Å². The fourth-order valence-corrected chi connectivity index (χ4v) is 3.64. The number of benzene rings is 1. The van der Waals surface area contributed by atoms with Gasteiger partial charge in [0.2, 0.25) is 0 Å². The number of hydrogen-bond donors (Lipinski definition) is 1. The molecule has 0 bridgehead atoms. The van der Waals surface area contributed by atoms with E-state index in [9.17, 15) is 4.79 Å². The molecule has 0 spiro atoms. The first-order valence-electron chi connectivity index (χ1n) is 9.40. The molecular formula is C20H30N2O2. The molecule has 1 saturated heterocycles. The lowest BCUT2D eigenvalue weighted by Crippen LogP contribution is -2.46. The van der Waals surface area contributed by atoms with Gasteiger partial charge in [-0.3, -0.25) is 9.69 Å². The zero-order chi connectivity index (χ0) is 16.9. The van der Waals surface area contributed by atoms with Crippen LogP contribution >= 0.6 is 0 Å². The average Bonchev–Trinajstić information content (AvgIpc) is 2.51. The maximum absolute atomic E-state index is 12.3. The molecule has 3 rings (SSSR count). The van der Waals surface area contributed by atoms with Crippen molar-refractivity contribution in [3.63, 3.8) is 0 Å². The van der Waals surface area contributed by atoms with Crippen molar-refractivity contribution < 1.29 is 9.53 Å². The van der Waals surface area contributed by atoms with E-state index in [1.807, 2.05) is 38.1 Å². The molecule has 1 aromatic rings. The SMILES string of the molecule is CC(C)NC(=O)c1ccccc1OCC1CCCN(C2CCC2)C1. The predicted molar refractivity (Wildman–Crippen MR) is 96.5 cm³/mol. The van der Waals surface area contributed by atoms with Crippen molar-refractivity contribution in [2.24, 2.45) is 5.92 Å². The minimum atomic E-state index is -0.0552. The maximum Gasteiger partial charge on any atom is 0.255 e. The average molecular weight is 330 g/mol. The molecule has 2 aliphatic rings. The zero-order valence-electron chi connectivity index (χ0n) is 15.0. The third-order valence-corrected chi connectivity index (χ3v) is 5.17. The molecule has 132 valence electrons. The summed E-state index contributed by atoms with van der Waals surface area (Å²) in [6.07, 6.45) is 6.61. The molecule has 0 radical (unpaired) electrons. The third kappa shape index (κ3) is 4.29. The highest BCUT2D eigenvalue weighted by molar-refractivity contribution is 5.97. The van der Waals surface area contributed by atoms with Gasteiger partial charge in [-0.15, -0.1) is 0 Å². The first-order valence-corrected chi connectivity index (χ1v) is 9.40. The topological polar surface area (TPSA) is 41.6 Å². The largest absolute Gasteiger partial charge is 0.492 e. The predicted octanol–water partition coefficient (Wildman–Crippen LogP) is 3.47. The molecule has 1 aromatic carbocycles. The summed E-state index contributed by atoms with van der Waals surface area (Å²) in [5.74, 6) is 1.22.